The highest BCUT2D eigenvalue weighted by Crippen LogP contribution is 2.34. The standard InChI is InChI=1S/C22H24N2O2/c25-21(17-7-9-18(10-8-17)22(26)24-19-11-12-19)23-14-13-16-6-5-15-3-1-2-4-20(15)16/h1-4,7-10,16,19H,5-6,11-14H2,(H,23,25)(H,24,26). The molecule has 2 amide bonds. The quantitative estimate of drug-likeness (QED) is 0.840. The minimum Gasteiger partial charge on any atom is -0.352 e. The number of benzene rings is 2. The molecule has 2 N–H and O–H groups in total. The molecule has 2 aliphatic carbocycles. The summed E-state index contributed by atoms with van der Waals surface area (Å²) in [6, 6.07) is 15.8. The lowest BCUT2D eigenvalue weighted by molar-refractivity contribution is 0.0939. The van der Waals surface area contributed by atoms with Crippen LogP contribution >= 0.6 is 0 Å². The van der Waals surface area contributed by atoms with E-state index < -0.39 is 0 Å². The van der Waals surface area contributed by atoms with E-state index >= 15 is 0 Å². The maximum Gasteiger partial charge on any atom is 0.251 e. The molecule has 0 spiro atoms. The van der Waals surface area contributed by atoms with Gasteiger partial charge in [0.15, 0.2) is 0 Å². The minimum absolute atomic E-state index is 0.0562. The van der Waals surface area contributed by atoms with Gasteiger partial charge < -0.3 is 10.6 Å². The predicted octanol–water partition coefficient (Wildman–Crippen LogP) is 3.43. The van der Waals surface area contributed by atoms with E-state index in [-0.39, 0.29) is 11.8 Å². The van der Waals surface area contributed by atoms with Crippen LogP contribution in [0.3, 0.4) is 0 Å². The number of hydrogen-bond donors (Lipinski definition) is 2. The van der Waals surface area contributed by atoms with Gasteiger partial charge in [-0.25, -0.2) is 0 Å². The molecular weight excluding hydrogens is 324 g/mol. The maximum atomic E-state index is 12.3. The van der Waals surface area contributed by atoms with Crippen molar-refractivity contribution in [1.29, 1.82) is 0 Å². The van der Waals surface area contributed by atoms with E-state index in [1.165, 1.54) is 17.5 Å². The Bertz CT molecular complexity index is 809. The number of rotatable bonds is 6. The van der Waals surface area contributed by atoms with Gasteiger partial charge in [0, 0.05) is 23.7 Å². The van der Waals surface area contributed by atoms with Gasteiger partial charge in [0.2, 0.25) is 0 Å². The number of amides is 2. The van der Waals surface area contributed by atoms with E-state index in [2.05, 4.69) is 34.9 Å². The number of hydrogen-bond acceptors (Lipinski definition) is 2. The summed E-state index contributed by atoms with van der Waals surface area (Å²) in [5.74, 6) is 0.407. The summed E-state index contributed by atoms with van der Waals surface area (Å²) in [5, 5.41) is 5.96. The zero-order valence-corrected chi connectivity index (χ0v) is 14.8. The van der Waals surface area contributed by atoms with Crippen molar-refractivity contribution in [3.8, 4) is 0 Å². The third kappa shape index (κ3) is 3.79. The van der Waals surface area contributed by atoms with Crippen molar-refractivity contribution in [3.05, 3.63) is 70.8 Å². The first kappa shape index (κ1) is 16.8. The van der Waals surface area contributed by atoms with Crippen molar-refractivity contribution in [2.75, 3.05) is 6.54 Å². The molecule has 1 saturated carbocycles. The molecule has 2 aromatic rings. The van der Waals surface area contributed by atoms with Gasteiger partial charge in [-0.3, -0.25) is 9.59 Å². The third-order valence-electron chi connectivity index (χ3n) is 5.36. The molecule has 2 aromatic carbocycles. The van der Waals surface area contributed by atoms with Crippen molar-refractivity contribution < 1.29 is 9.59 Å². The van der Waals surface area contributed by atoms with E-state index in [9.17, 15) is 9.59 Å². The molecule has 4 rings (SSSR count). The lowest BCUT2D eigenvalue weighted by Gasteiger charge is -2.12. The number of carbonyl (C=O) groups excluding carboxylic acids is 2. The first-order chi connectivity index (χ1) is 12.7. The zero-order valence-electron chi connectivity index (χ0n) is 14.8. The highest BCUT2D eigenvalue weighted by Gasteiger charge is 2.24. The van der Waals surface area contributed by atoms with Crippen LogP contribution in [0.15, 0.2) is 48.5 Å². The van der Waals surface area contributed by atoms with Gasteiger partial charge in [0.1, 0.15) is 0 Å². The Balaban J connectivity index is 1.28. The predicted molar refractivity (Wildman–Crippen MR) is 101 cm³/mol. The highest BCUT2D eigenvalue weighted by atomic mass is 16.2. The first-order valence-electron chi connectivity index (χ1n) is 9.47. The molecule has 0 radical (unpaired) electrons. The van der Waals surface area contributed by atoms with Crippen molar-refractivity contribution in [2.24, 2.45) is 0 Å². The molecule has 0 heterocycles. The molecule has 0 saturated heterocycles. The molecule has 0 aliphatic heterocycles. The van der Waals surface area contributed by atoms with E-state index in [1.54, 1.807) is 24.3 Å². The van der Waals surface area contributed by atoms with Crippen molar-refractivity contribution >= 4 is 11.8 Å². The summed E-state index contributed by atoms with van der Waals surface area (Å²) >= 11 is 0. The smallest absolute Gasteiger partial charge is 0.251 e. The maximum absolute atomic E-state index is 12.3. The van der Waals surface area contributed by atoms with Gasteiger partial charge in [-0.05, 0) is 73.4 Å². The van der Waals surface area contributed by atoms with Crippen LogP contribution in [0, 0.1) is 0 Å². The Morgan fingerprint density at radius 1 is 0.885 bits per heavy atom. The summed E-state index contributed by atoms with van der Waals surface area (Å²) < 4.78 is 0. The first-order valence-corrected chi connectivity index (χ1v) is 9.47. The van der Waals surface area contributed by atoms with Crippen LogP contribution in [0.2, 0.25) is 0 Å². The molecule has 4 nitrogen and oxygen atoms in total. The summed E-state index contributed by atoms with van der Waals surface area (Å²) in [4.78, 5) is 24.3. The Kier molecular flexibility index (Phi) is 4.74. The second-order valence-corrected chi connectivity index (χ2v) is 7.30. The van der Waals surface area contributed by atoms with Crippen LogP contribution in [0.5, 0.6) is 0 Å². The largest absolute Gasteiger partial charge is 0.352 e. The van der Waals surface area contributed by atoms with Crippen LogP contribution in [0.1, 0.15) is 63.4 Å². The van der Waals surface area contributed by atoms with Crippen molar-refractivity contribution in [2.45, 2.75) is 44.1 Å². The van der Waals surface area contributed by atoms with Gasteiger partial charge in [-0.2, -0.15) is 0 Å². The lowest BCUT2D eigenvalue weighted by atomic mass is 9.98. The topological polar surface area (TPSA) is 58.2 Å². The summed E-state index contributed by atoms with van der Waals surface area (Å²) in [6.45, 7) is 0.668. The minimum atomic E-state index is -0.0783. The molecule has 4 heteroatoms. The van der Waals surface area contributed by atoms with Gasteiger partial charge >= 0.3 is 0 Å². The van der Waals surface area contributed by atoms with E-state index in [4.69, 9.17) is 0 Å². The summed E-state index contributed by atoms with van der Waals surface area (Å²) in [6.07, 6.45) is 5.40. The number of fused-ring (bicyclic) bond motifs is 1. The molecule has 0 bridgehead atoms. The van der Waals surface area contributed by atoms with Gasteiger partial charge in [-0.1, -0.05) is 24.3 Å². The molecule has 26 heavy (non-hydrogen) atoms. The van der Waals surface area contributed by atoms with Gasteiger partial charge in [-0.15, -0.1) is 0 Å². The number of nitrogens with one attached hydrogen (secondary N) is 2. The van der Waals surface area contributed by atoms with Gasteiger partial charge in [0.25, 0.3) is 11.8 Å². The van der Waals surface area contributed by atoms with Crippen LogP contribution in [0.25, 0.3) is 0 Å². The average molecular weight is 348 g/mol. The second-order valence-electron chi connectivity index (χ2n) is 7.30. The van der Waals surface area contributed by atoms with Crippen LogP contribution in [-0.4, -0.2) is 24.4 Å². The fourth-order valence-electron chi connectivity index (χ4n) is 3.68. The van der Waals surface area contributed by atoms with Crippen LogP contribution in [0.4, 0.5) is 0 Å². The molecule has 0 aromatic heterocycles. The Morgan fingerprint density at radius 3 is 2.31 bits per heavy atom. The van der Waals surface area contributed by atoms with E-state index in [1.807, 2.05) is 0 Å². The Hall–Kier alpha value is -2.62. The SMILES string of the molecule is O=C(NCCC1CCc2ccccc21)c1ccc(C(=O)NC2CC2)cc1. The zero-order chi connectivity index (χ0) is 17.9. The van der Waals surface area contributed by atoms with Crippen LogP contribution < -0.4 is 10.6 Å². The molecule has 1 fully saturated rings. The second kappa shape index (κ2) is 7.32. The molecule has 134 valence electrons. The summed E-state index contributed by atoms with van der Waals surface area (Å²) in [5.41, 5.74) is 4.09. The normalized spacial score (nSPS) is 18.2. The van der Waals surface area contributed by atoms with Crippen molar-refractivity contribution in [3.63, 3.8) is 0 Å². The average Bonchev–Trinajstić information content (AvgIpc) is 3.39. The number of carbonyl (C=O) groups is 2. The fraction of sp³-hybridized carbons (Fsp3) is 0.364. The van der Waals surface area contributed by atoms with E-state index in [0.717, 1.165) is 25.7 Å². The third-order valence-corrected chi connectivity index (χ3v) is 5.36. The molecule has 1 unspecified atom stereocenters. The lowest BCUT2D eigenvalue weighted by Crippen LogP contribution is -2.26. The van der Waals surface area contributed by atoms with Gasteiger partial charge in [0.05, 0.1) is 0 Å². The highest BCUT2D eigenvalue weighted by molar-refractivity contribution is 5.98. The van der Waals surface area contributed by atoms with E-state index in [0.29, 0.717) is 29.6 Å². The fourth-order valence-corrected chi connectivity index (χ4v) is 3.68. The van der Waals surface area contributed by atoms with Crippen molar-refractivity contribution in [1.82, 2.24) is 10.6 Å². The Morgan fingerprint density at radius 2 is 1.58 bits per heavy atom. The molecular formula is C22H24N2O2. The molecule has 1 atom stereocenters. The Labute approximate surface area is 154 Å². The monoisotopic (exact) mass is 348 g/mol. The summed E-state index contributed by atoms with van der Waals surface area (Å²) in [7, 11) is 0. The number of aryl methyl sites for hydroxylation is 1. The van der Waals surface area contributed by atoms with Crippen LogP contribution in [-0.2, 0) is 6.42 Å². The molecule has 2 aliphatic rings.